The Morgan fingerprint density at radius 3 is 1.82 bits per heavy atom. The zero-order chi connectivity index (χ0) is 43.6. The molecule has 0 atom stereocenters. The van der Waals surface area contributed by atoms with Crippen LogP contribution in [0.25, 0.3) is 72.7 Å². The number of benzene rings is 6. The molecule has 2 aromatic heterocycles. The summed E-state index contributed by atoms with van der Waals surface area (Å²) in [6.45, 7) is 26.4. The van der Waals surface area contributed by atoms with Crippen molar-refractivity contribution in [3.8, 4) is 67.5 Å². The van der Waals surface area contributed by atoms with E-state index in [2.05, 4.69) is 202 Å². The fraction of sp³-hybridized carbons (Fsp3) is 0.263. The van der Waals surface area contributed by atoms with Crippen LogP contribution in [0.15, 0.2) is 128 Å². The molecule has 8 rings (SSSR count). The number of phenolic OH excluding ortho intramolecular Hbond substituents is 1. The van der Waals surface area contributed by atoms with Gasteiger partial charge in [0.25, 0.3) is 0 Å². The molecule has 0 aliphatic carbocycles. The van der Waals surface area contributed by atoms with E-state index < -0.39 is 0 Å². The summed E-state index contributed by atoms with van der Waals surface area (Å²) in [7, 11) is 0. The zero-order valence-corrected chi connectivity index (χ0v) is 40.5. The Morgan fingerprint density at radius 2 is 1.16 bits per heavy atom. The van der Waals surface area contributed by atoms with Gasteiger partial charge < -0.3 is 5.11 Å². The van der Waals surface area contributed by atoms with Crippen LogP contribution in [0.4, 0.5) is 0 Å². The van der Waals surface area contributed by atoms with Crippen molar-refractivity contribution < 1.29 is 26.2 Å². The molecule has 62 heavy (non-hydrogen) atoms. The average molecular weight is 996 g/mol. The van der Waals surface area contributed by atoms with E-state index in [9.17, 15) is 5.11 Å². The van der Waals surface area contributed by atoms with E-state index in [1.807, 2.05) is 19.2 Å². The summed E-state index contributed by atoms with van der Waals surface area (Å²) < 4.78 is 2.27. The molecular weight excluding hydrogens is 938 g/mol. The Morgan fingerprint density at radius 1 is 0.532 bits per heavy atom. The van der Waals surface area contributed by atoms with Gasteiger partial charge in [-0.15, -0.1) is 29.3 Å². The summed E-state index contributed by atoms with van der Waals surface area (Å²) in [6, 6.07) is 47.5. The molecule has 5 heteroatoms. The van der Waals surface area contributed by atoms with Crippen molar-refractivity contribution in [3.05, 3.63) is 167 Å². The standard InChI is InChI=1S/C57H58N3O.Pt/c1-35-16-18-38(19-17-35)40-26-27-58-49(33-40)42-30-41(31-45(32-42)57(10,11)12)47-14-13-15-50-52(47)59-54(48-29-36(2)28-37(3)53(48)61)60(50)51-34-44(56(7,8)9)24-25-46(51)39-20-22-43(23-21-39)55(4,5)6;/h13-29,31-34,61H,1-12H3;/q-1;. The van der Waals surface area contributed by atoms with Crippen LogP contribution >= 0.6 is 0 Å². The average Bonchev–Trinajstić information content (AvgIpc) is 3.61. The molecule has 0 saturated carbocycles. The van der Waals surface area contributed by atoms with Gasteiger partial charge in [0.15, 0.2) is 0 Å². The molecule has 0 aliphatic heterocycles. The maximum absolute atomic E-state index is 11.9. The van der Waals surface area contributed by atoms with Crippen LogP contribution in [0.5, 0.6) is 5.75 Å². The van der Waals surface area contributed by atoms with Crippen LogP contribution in [0, 0.1) is 26.8 Å². The predicted octanol–water partition coefficient (Wildman–Crippen LogP) is 15.1. The number of pyridine rings is 1. The Kier molecular flexibility index (Phi) is 11.9. The van der Waals surface area contributed by atoms with Crippen molar-refractivity contribution in [2.75, 3.05) is 0 Å². The summed E-state index contributed by atoms with van der Waals surface area (Å²) in [5.74, 6) is 0.917. The molecule has 2 heterocycles. The second kappa shape index (κ2) is 16.6. The summed E-state index contributed by atoms with van der Waals surface area (Å²) in [6.07, 6.45) is 1.90. The fourth-order valence-corrected chi connectivity index (χ4v) is 8.24. The number of aromatic hydroxyl groups is 1. The number of nitrogens with zero attached hydrogens (tertiary/aromatic N) is 3. The van der Waals surface area contributed by atoms with Gasteiger partial charge in [-0.25, -0.2) is 4.98 Å². The quantitative estimate of drug-likeness (QED) is 0.169. The van der Waals surface area contributed by atoms with E-state index in [4.69, 9.17) is 9.97 Å². The summed E-state index contributed by atoms with van der Waals surface area (Å²) in [4.78, 5) is 10.5. The Bertz CT molecular complexity index is 2930. The number of fused-ring (bicyclic) bond motifs is 1. The van der Waals surface area contributed by atoms with Gasteiger partial charge >= 0.3 is 0 Å². The Balaban J connectivity index is 0.00000578. The minimum Gasteiger partial charge on any atom is -0.507 e. The molecule has 0 amide bonds. The normalized spacial score (nSPS) is 12.1. The monoisotopic (exact) mass is 995 g/mol. The molecule has 0 spiro atoms. The number of imidazole rings is 1. The molecular formula is C57H58N3OPt-. The summed E-state index contributed by atoms with van der Waals surface area (Å²) in [5, 5.41) is 11.9. The second-order valence-corrected chi connectivity index (χ2v) is 20.0. The zero-order valence-electron chi connectivity index (χ0n) is 38.2. The van der Waals surface area contributed by atoms with E-state index in [0.717, 1.165) is 72.5 Å². The first kappa shape index (κ1) is 44.5. The number of hydrogen-bond acceptors (Lipinski definition) is 3. The first-order valence-electron chi connectivity index (χ1n) is 21.5. The molecule has 8 aromatic rings. The molecule has 0 bridgehead atoms. The van der Waals surface area contributed by atoms with Crippen LogP contribution in [0.3, 0.4) is 0 Å². The minimum absolute atomic E-state index is 0. The largest absolute Gasteiger partial charge is 0.507 e. The van der Waals surface area contributed by atoms with Crippen molar-refractivity contribution in [2.45, 2.75) is 99.3 Å². The van der Waals surface area contributed by atoms with Crippen LogP contribution in [0.1, 0.15) is 95.7 Å². The van der Waals surface area contributed by atoms with Crippen molar-refractivity contribution in [1.29, 1.82) is 0 Å². The van der Waals surface area contributed by atoms with Gasteiger partial charge in [0.05, 0.1) is 22.3 Å². The van der Waals surface area contributed by atoms with E-state index >= 15 is 0 Å². The van der Waals surface area contributed by atoms with Gasteiger partial charge in [-0.1, -0.05) is 164 Å². The molecule has 318 valence electrons. The first-order valence-corrected chi connectivity index (χ1v) is 21.5. The minimum atomic E-state index is -0.151. The van der Waals surface area contributed by atoms with Crippen molar-refractivity contribution >= 4 is 11.0 Å². The Labute approximate surface area is 383 Å². The number of rotatable bonds is 6. The van der Waals surface area contributed by atoms with E-state index in [0.29, 0.717) is 11.4 Å². The fourth-order valence-electron chi connectivity index (χ4n) is 8.24. The third kappa shape index (κ3) is 8.73. The summed E-state index contributed by atoms with van der Waals surface area (Å²) >= 11 is 0. The van der Waals surface area contributed by atoms with Crippen LogP contribution in [0.2, 0.25) is 0 Å². The van der Waals surface area contributed by atoms with E-state index in [1.54, 1.807) is 0 Å². The first-order chi connectivity index (χ1) is 28.8. The van der Waals surface area contributed by atoms with Crippen LogP contribution in [-0.4, -0.2) is 19.6 Å². The van der Waals surface area contributed by atoms with Crippen molar-refractivity contribution in [2.24, 2.45) is 0 Å². The van der Waals surface area contributed by atoms with Crippen LogP contribution in [-0.2, 0) is 37.3 Å². The van der Waals surface area contributed by atoms with Gasteiger partial charge in [-0.3, -0.25) is 9.55 Å². The van der Waals surface area contributed by atoms with E-state index in [-0.39, 0.29) is 43.1 Å². The molecule has 0 aliphatic rings. The molecule has 6 aromatic carbocycles. The topological polar surface area (TPSA) is 50.9 Å². The third-order valence-electron chi connectivity index (χ3n) is 12.0. The number of aryl methyl sites for hydroxylation is 3. The number of phenols is 1. The Hall–Kier alpha value is -5.57. The molecule has 0 fully saturated rings. The predicted molar refractivity (Wildman–Crippen MR) is 257 cm³/mol. The van der Waals surface area contributed by atoms with Crippen molar-refractivity contribution in [3.63, 3.8) is 0 Å². The van der Waals surface area contributed by atoms with Gasteiger partial charge in [0.2, 0.25) is 0 Å². The second-order valence-electron chi connectivity index (χ2n) is 20.0. The molecule has 0 radical (unpaired) electrons. The van der Waals surface area contributed by atoms with Gasteiger partial charge in [-0.05, 0) is 100 Å². The van der Waals surface area contributed by atoms with Crippen LogP contribution < -0.4 is 0 Å². The van der Waals surface area contributed by atoms with Gasteiger partial charge in [-0.2, -0.15) is 0 Å². The maximum Gasteiger partial charge on any atom is 0.148 e. The number of hydrogen-bond donors (Lipinski definition) is 1. The number of para-hydroxylation sites is 1. The SMILES string of the molecule is Cc1ccc(-c2ccnc(-c3[c-]c(-c4cccc5c4nc(-c4cc(C)cc(C)c4O)n5-c4cc(C(C)(C)C)ccc4-c4ccc(C(C)(C)C)cc4)cc(C(C)(C)C)c3)c2)cc1.[Pt]. The number of aromatic nitrogens is 3. The molecule has 1 N–H and O–H groups in total. The smallest absolute Gasteiger partial charge is 0.148 e. The van der Waals surface area contributed by atoms with E-state index in [1.165, 1.54) is 22.3 Å². The third-order valence-corrected chi connectivity index (χ3v) is 12.0. The van der Waals surface area contributed by atoms with Gasteiger partial charge in [0.1, 0.15) is 11.6 Å². The summed E-state index contributed by atoms with van der Waals surface area (Å²) in [5.41, 5.74) is 18.2. The van der Waals surface area contributed by atoms with Gasteiger partial charge in [0, 0.05) is 38.5 Å². The molecule has 0 saturated heterocycles. The maximum atomic E-state index is 11.9. The molecule has 0 unspecified atom stereocenters. The van der Waals surface area contributed by atoms with Crippen molar-refractivity contribution in [1.82, 2.24) is 14.5 Å². The molecule has 4 nitrogen and oxygen atoms in total.